The summed E-state index contributed by atoms with van der Waals surface area (Å²) in [5.74, 6) is 0.355. The van der Waals surface area contributed by atoms with Gasteiger partial charge < -0.3 is 9.84 Å². The van der Waals surface area contributed by atoms with Crippen LogP contribution in [0.25, 0.3) is 0 Å². The van der Waals surface area contributed by atoms with Gasteiger partial charge in [0.2, 0.25) is 0 Å². The molecular weight excluding hydrogens is 257 g/mol. The molecule has 0 bridgehead atoms. The maximum atomic E-state index is 12.8. The molecule has 0 saturated heterocycles. The SMILES string of the molecule is CC(C)Oc1cncc(C(O)Cc2ccc(F)cc2)c1. The summed E-state index contributed by atoms with van der Waals surface area (Å²) < 4.78 is 18.4. The van der Waals surface area contributed by atoms with Crippen molar-refractivity contribution < 1.29 is 14.2 Å². The summed E-state index contributed by atoms with van der Waals surface area (Å²) in [4.78, 5) is 4.07. The van der Waals surface area contributed by atoms with Crippen LogP contribution in [-0.4, -0.2) is 16.2 Å². The van der Waals surface area contributed by atoms with Gasteiger partial charge in [0.1, 0.15) is 11.6 Å². The zero-order valence-electron chi connectivity index (χ0n) is 11.6. The monoisotopic (exact) mass is 275 g/mol. The first-order valence-corrected chi connectivity index (χ1v) is 6.58. The average molecular weight is 275 g/mol. The van der Waals surface area contributed by atoms with E-state index in [9.17, 15) is 9.50 Å². The quantitative estimate of drug-likeness (QED) is 0.910. The maximum Gasteiger partial charge on any atom is 0.138 e. The van der Waals surface area contributed by atoms with Crippen LogP contribution in [0.5, 0.6) is 5.75 Å². The van der Waals surface area contributed by atoms with E-state index in [2.05, 4.69) is 4.98 Å². The van der Waals surface area contributed by atoms with Crippen LogP contribution in [0, 0.1) is 5.82 Å². The molecule has 1 N–H and O–H groups in total. The number of rotatable bonds is 5. The molecule has 0 spiro atoms. The Labute approximate surface area is 118 Å². The zero-order chi connectivity index (χ0) is 14.5. The van der Waals surface area contributed by atoms with Crippen LogP contribution in [0.1, 0.15) is 31.1 Å². The van der Waals surface area contributed by atoms with Crippen LogP contribution in [0.4, 0.5) is 4.39 Å². The van der Waals surface area contributed by atoms with Gasteiger partial charge in [0, 0.05) is 18.2 Å². The fourth-order valence-corrected chi connectivity index (χ4v) is 1.92. The molecule has 1 aromatic heterocycles. The number of hydrogen-bond acceptors (Lipinski definition) is 3. The molecule has 2 aromatic rings. The van der Waals surface area contributed by atoms with Gasteiger partial charge >= 0.3 is 0 Å². The third-order valence-corrected chi connectivity index (χ3v) is 2.83. The van der Waals surface area contributed by atoms with Crippen LogP contribution in [0.3, 0.4) is 0 Å². The topological polar surface area (TPSA) is 42.4 Å². The molecule has 0 aliphatic rings. The van der Waals surface area contributed by atoms with Crippen molar-refractivity contribution in [3.8, 4) is 5.75 Å². The van der Waals surface area contributed by atoms with Gasteiger partial charge in [0.05, 0.1) is 18.4 Å². The number of hydrogen-bond donors (Lipinski definition) is 1. The fraction of sp³-hybridized carbons (Fsp3) is 0.312. The summed E-state index contributed by atoms with van der Waals surface area (Å²) in [6, 6.07) is 7.89. The molecular formula is C16H18FNO2. The highest BCUT2D eigenvalue weighted by Gasteiger charge is 2.11. The number of nitrogens with zero attached hydrogens (tertiary/aromatic N) is 1. The lowest BCUT2D eigenvalue weighted by atomic mass is 10.0. The third-order valence-electron chi connectivity index (χ3n) is 2.83. The second-order valence-electron chi connectivity index (χ2n) is 4.97. The summed E-state index contributed by atoms with van der Waals surface area (Å²) in [5.41, 5.74) is 1.56. The predicted octanol–water partition coefficient (Wildman–Crippen LogP) is 3.28. The number of halogens is 1. The second kappa shape index (κ2) is 6.48. The maximum absolute atomic E-state index is 12.8. The summed E-state index contributed by atoms with van der Waals surface area (Å²) in [6.07, 6.45) is 3.01. The largest absolute Gasteiger partial charge is 0.489 e. The van der Waals surface area contributed by atoms with Crippen LogP contribution in [-0.2, 0) is 6.42 Å². The van der Waals surface area contributed by atoms with E-state index < -0.39 is 6.10 Å². The van der Waals surface area contributed by atoms with Crippen LogP contribution >= 0.6 is 0 Å². The Hall–Kier alpha value is -1.94. The summed E-state index contributed by atoms with van der Waals surface area (Å²) >= 11 is 0. The lowest BCUT2D eigenvalue weighted by Crippen LogP contribution is -2.07. The van der Waals surface area contributed by atoms with Crippen molar-refractivity contribution in [2.75, 3.05) is 0 Å². The molecule has 4 heteroatoms. The van der Waals surface area contributed by atoms with Gasteiger partial charge in [-0.1, -0.05) is 12.1 Å². The van der Waals surface area contributed by atoms with Gasteiger partial charge in [-0.15, -0.1) is 0 Å². The molecule has 0 radical (unpaired) electrons. The fourth-order valence-electron chi connectivity index (χ4n) is 1.92. The number of aliphatic hydroxyl groups excluding tert-OH is 1. The number of benzene rings is 1. The first-order chi connectivity index (χ1) is 9.54. The van der Waals surface area contributed by atoms with Crippen molar-refractivity contribution in [2.45, 2.75) is 32.5 Å². The van der Waals surface area contributed by atoms with E-state index in [1.165, 1.54) is 12.1 Å². The molecule has 106 valence electrons. The molecule has 0 aliphatic carbocycles. The first-order valence-electron chi connectivity index (χ1n) is 6.58. The minimum absolute atomic E-state index is 0.0568. The van der Waals surface area contributed by atoms with E-state index in [-0.39, 0.29) is 11.9 Å². The van der Waals surface area contributed by atoms with Crippen LogP contribution in [0.2, 0.25) is 0 Å². The number of pyridine rings is 1. The minimum atomic E-state index is -0.691. The second-order valence-corrected chi connectivity index (χ2v) is 4.97. The van der Waals surface area contributed by atoms with Crippen molar-refractivity contribution in [1.29, 1.82) is 0 Å². The lowest BCUT2D eigenvalue weighted by molar-refractivity contribution is 0.176. The molecule has 1 heterocycles. The van der Waals surface area contributed by atoms with Gasteiger partial charge in [-0.3, -0.25) is 4.98 Å². The highest BCUT2D eigenvalue weighted by Crippen LogP contribution is 2.22. The van der Waals surface area contributed by atoms with Gasteiger partial charge in [-0.25, -0.2) is 4.39 Å². The van der Waals surface area contributed by atoms with Crippen molar-refractivity contribution in [3.05, 3.63) is 59.7 Å². The Kier molecular flexibility index (Phi) is 4.69. The van der Waals surface area contributed by atoms with Crippen molar-refractivity contribution in [1.82, 2.24) is 4.98 Å². The van der Waals surface area contributed by atoms with Crippen molar-refractivity contribution in [2.24, 2.45) is 0 Å². The Balaban J connectivity index is 2.08. The molecule has 0 amide bonds. The molecule has 0 fully saturated rings. The molecule has 1 aromatic carbocycles. The van der Waals surface area contributed by atoms with Gasteiger partial charge in [0.15, 0.2) is 0 Å². The van der Waals surface area contributed by atoms with Gasteiger partial charge in [0.25, 0.3) is 0 Å². The molecule has 0 saturated carbocycles. The van der Waals surface area contributed by atoms with Crippen LogP contribution in [0.15, 0.2) is 42.7 Å². The molecule has 1 unspecified atom stereocenters. The smallest absolute Gasteiger partial charge is 0.138 e. The highest BCUT2D eigenvalue weighted by atomic mass is 19.1. The molecule has 2 rings (SSSR count). The van der Waals surface area contributed by atoms with E-state index >= 15 is 0 Å². The third kappa shape index (κ3) is 4.03. The highest BCUT2D eigenvalue weighted by molar-refractivity contribution is 5.27. The Morgan fingerprint density at radius 1 is 1.20 bits per heavy atom. The van der Waals surface area contributed by atoms with Gasteiger partial charge in [-0.2, -0.15) is 0 Å². The predicted molar refractivity (Wildman–Crippen MR) is 75.1 cm³/mol. The lowest BCUT2D eigenvalue weighted by Gasteiger charge is -2.14. The first kappa shape index (κ1) is 14.5. The van der Waals surface area contributed by atoms with E-state index in [0.717, 1.165) is 5.56 Å². The van der Waals surface area contributed by atoms with Crippen molar-refractivity contribution in [3.63, 3.8) is 0 Å². The van der Waals surface area contributed by atoms with E-state index in [1.54, 1.807) is 30.6 Å². The van der Waals surface area contributed by atoms with E-state index in [4.69, 9.17) is 4.74 Å². The van der Waals surface area contributed by atoms with E-state index in [0.29, 0.717) is 17.7 Å². The van der Waals surface area contributed by atoms with Crippen LogP contribution < -0.4 is 4.74 Å². The summed E-state index contributed by atoms with van der Waals surface area (Å²) in [6.45, 7) is 3.86. The Bertz CT molecular complexity index is 555. The molecule has 20 heavy (non-hydrogen) atoms. The molecule has 0 aliphatic heterocycles. The number of aliphatic hydroxyl groups is 1. The number of ether oxygens (including phenoxy) is 1. The standard InChI is InChI=1S/C16H18FNO2/c1-11(2)20-15-8-13(9-18-10-15)16(19)7-12-3-5-14(17)6-4-12/h3-6,8-11,16,19H,7H2,1-2H3. The van der Waals surface area contributed by atoms with E-state index in [1.807, 2.05) is 13.8 Å². The average Bonchev–Trinajstić information content (AvgIpc) is 2.41. The van der Waals surface area contributed by atoms with Gasteiger partial charge in [-0.05, 0) is 37.6 Å². The summed E-state index contributed by atoms with van der Waals surface area (Å²) in [7, 11) is 0. The Morgan fingerprint density at radius 3 is 2.55 bits per heavy atom. The van der Waals surface area contributed by atoms with Crippen molar-refractivity contribution >= 4 is 0 Å². The Morgan fingerprint density at radius 2 is 1.90 bits per heavy atom. The minimum Gasteiger partial charge on any atom is -0.489 e. The zero-order valence-corrected chi connectivity index (χ0v) is 11.6. The molecule has 1 atom stereocenters. The number of aromatic nitrogens is 1. The normalized spacial score (nSPS) is 12.4. The summed E-state index contributed by atoms with van der Waals surface area (Å²) in [5, 5.41) is 10.2. The molecule has 3 nitrogen and oxygen atoms in total.